The van der Waals surface area contributed by atoms with Gasteiger partial charge in [0.1, 0.15) is 11.5 Å². The predicted octanol–water partition coefficient (Wildman–Crippen LogP) is 2.64. The van der Waals surface area contributed by atoms with Crippen LogP contribution in [0, 0.1) is 13.8 Å². The van der Waals surface area contributed by atoms with E-state index in [9.17, 15) is 13.2 Å². The first kappa shape index (κ1) is 18.7. The molecule has 0 aliphatic rings. The van der Waals surface area contributed by atoms with Crippen molar-refractivity contribution in [1.29, 1.82) is 0 Å². The molecule has 0 aliphatic heterocycles. The summed E-state index contributed by atoms with van der Waals surface area (Å²) in [5, 5.41) is 2.75. The number of hydrogen-bond acceptors (Lipinski definition) is 4. The Hall–Kier alpha value is -1.64. The molecule has 0 radical (unpaired) electrons. The number of sulfonamides is 1. The Kier molecular flexibility index (Phi) is 6.20. The van der Waals surface area contributed by atoms with Crippen molar-refractivity contribution in [3.05, 3.63) is 51.9 Å². The molecule has 0 spiro atoms. The fourth-order valence-corrected chi connectivity index (χ4v) is 3.79. The highest BCUT2D eigenvalue weighted by Gasteiger charge is 2.14. The van der Waals surface area contributed by atoms with Gasteiger partial charge in [0.15, 0.2) is 0 Å². The number of carbonyl (C=O) groups is 1. The number of furan rings is 1. The maximum absolute atomic E-state index is 12.1. The van der Waals surface area contributed by atoms with Crippen LogP contribution in [0.5, 0.6) is 0 Å². The van der Waals surface area contributed by atoms with Gasteiger partial charge < -0.3 is 9.73 Å². The van der Waals surface area contributed by atoms with Crippen molar-refractivity contribution in [2.45, 2.75) is 31.7 Å². The van der Waals surface area contributed by atoms with Crippen molar-refractivity contribution in [3.8, 4) is 0 Å². The lowest BCUT2D eigenvalue weighted by molar-refractivity contribution is -0.121. The summed E-state index contributed by atoms with van der Waals surface area (Å²) >= 11 is 3.23. The maximum atomic E-state index is 12.1. The van der Waals surface area contributed by atoms with Crippen LogP contribution in [-0.4, -0.2) is 20.9 Å². The van der Waals surface area contributed by atoms with Gasteiger partial charge in [0, 0.05) is 29.5 Å². The van der Waals surface area contributed by atoms with Crippen LogP contribution in [0.1, 0.15) is 23.5 Å². The highest BCUT2D eigenvalue weighted by Crippen LogP contribution is 2.16. The number of nitrogens with one attached hydrogen (secondary N) is 2. The second-order valence-corrected chi connectivity index (χ2v) is 8.00. The topological polar surface area (TPSA) is 88.4 Å². The summed E-state index contributed by atoms with van der Waals surface area (Å²) in [4.78, 5) is 12.0. The first-order chi connectivity index (χ1) is 11.3. The van der Waals surface area contributed by atoms with E-state index in [1.165, 1.54) is 12.1 Å². The standard InChI is InChI=1S/C16H19BrN2O4S/c1-11-8-13(12(2)23-11)10-18-16(20)6-7-19-24(21,22)15-5-3-4-14(17)9-15/h3-5,8-9,19H,6-7,10H2,1-2H3,(H,18,20). The Morgan fingerprint density at radius 1 is 1.25 bits per heavy atom. The van der Waals surface area contributed by atoms with Crippen molar-refractivity contribution in [2.24, 2.45) is 0 Å². The summed E-state index contributed by atoms with van der Waals surface area (Å²) in [7, 11) is -3.62. The molecule has 0 aliphatic carbocycles. The monoisotopic (exact) mass is 414 g/mol. The van der Waals surface area contributed by atoms with Gasteiger partial charge in [0.05, 0.1) is 4.90 Å². The number of hydrogen-bond donors (Lipinski definition) is 2. The summed E-state index contributed by atoms with van der Waals surface area (Å²) in [6.07, 6.45) is 0.0586. The summed E-state index contributed by atoms with van der Waals surface area (Å²) in [5.74, 6) is 1.33. The SMILES string of the molecule is Cc1cc(CNC(=O)CCNS(=O)(=O)c2cccc(Br)c2)c(C)o1. The molecule has 0 unspecified atom stereocenters. The predicted molar refractivity (Wildman–Crippen MR) is 94.0 cm³/mol. The summed E-state index contributed by atoms with van der Waals surface area (Å²) in [6, 6.07) is 8.25. The lowest BCUT2D eigenvalue weighted by Gasteiger charge is -2.08. The zero-order chi connectivity index (χ0) is 17.7. The Balaban J connectivity index is 1.81. The van der Waals surface area contributed by atoms with Crippen LogP contribution < -0.4 is 10.0 Å². The van der Waals surface area contributed by atoms with Crippen molar-refractivity contribution < 1.29 is 17.6 Å². The minimum atomic E-state index is -3.62. The molecule has 2 rings (SSSR count). The van der Waals surface area contributed by atoms with E-state index in [1.54, 1.807) is 12.1 Å². The molecule has 8 heteroatoms. The summed E-state index contributed by atoms with van der Waals surface area (Å²) in [5.41, 5.74) is 0.913. The Morgan fingerprint density at radius 2 is 2.00 bits per heavy atom. The molecule has 0 fully saturated rings. The third-order valence-electron chi connectivity index (χ3n) is 3.37. The van der Waals surface area contributed by atoms with E-state index < -0.39 is 10.0 Å². The first-order valence-corrected chi connectivity index (χ1v) is 9.63. The second-order valence-electron chi connectivity index (χ2n) is 5.32. The van der Waals surface area contributed by atoms with Crippen LogP contribution in [0.4, 0.5) is 0 Å². The Morgan fingerprint density at radius 3 is 2.62 bits per heavy atom. The Bertz CT molecular complexity index is 830. The highest BCUT2D eigenvalue weighted by atomic mass is 79.9. The summed E-state index contributed by atoms with van der Waals surface area (Å²) in [6.45, 7) is 4.07. The van der Waals surface area contributed by atoms with Crippen molar-refractivity contribution >= 4 is 31.9 Å². The first-order valence-electron chi connectivity index (χ1n) is 7.36. The molecular formula is C16H19BrN2O4S. The van der Waals surface area contributed by atoms with E-state index in [0.29, 0.717) is 11.0 Å². The average Bonchev–Trinajstić information content (AvgIpc) is 2.83. The molecular weight excluding hydrogens is 396 g/mol. The number of amides is 1. The number of rotatable bonds is 7. The molecule has 2 N–H and O–H groups in total. The molecule has 0 bridgehead atoms. The molecule has 24 heavy (non-hydrogen) atoms. The van der Waals surface area contributed by atoms with Crippen molar-refractivity contribution in [2.75, 3.05) is 6.54 Å². The molecule has 2 aromatic rings. The molecule has 130 valence electrons. The minimum Gasteiger partial charge on any atom is -0.466 e. The van der Waals surface area contributed by atoms with Crippen LogP contribution in [0.2, 0.25) is 0 Å². The molecule has 6 nitrogen and oxygen atoms in total. The molecule has 0 atom stereocenters. The van der Waals surface area contributed by atoms with Gasteiger partial charge in [-0.15, -0.1) is 0 Å². The van der Waals surface area contributed by atoms with Gasteiger partial charge in [-0.3, -0.25) is 4.79 Å². The second kappa shape index (κ2) is 7.96. The van der Waals surface area contributed by atoms with Gasteiger partial charge in [-0.25, -0.2) is 13.1 Å². The number of aryl methyl sites for hydroxylation is 2. The molecule has 0 saturated heterocycles. The molecule has 1 aromatic heterocycles. The van der Waals surface area contributed by atoms with Gasteiger partial charge in [0.25, 0.3) is 0 Å². The molecule has 0 saturated carbocycles. The van der Waals surface area contributed by atoms with Crippen molar-refractivity contribution in [3.63, 3.8) is 0 Å². The summed E-state index contributed by atoms with van der Waals surface area (Å²) < 4.78 is 32.7. The number of carbonyl (C=O) groups excluding carboxylic acids is 1. The van der Waals surface area contributed by atoms with Gasteiger partial charge >= 0.3 is 0 Å². The molecule has 1 heterocycles. The quantitative estimate of drug-likeness (QED) is 0.728. The zero-order valence-electron chi connectivity index (χ0n) is 13.4. The van der Waals surface area contributed by atoms with E-state index >= 15 is 0 Å². The van der Waals surface area contributed by atoms with Crippen molar-refractivity contribution in [1.82, 2.24) is 10.0 Å². The normalized spacial score (nSPS) is 11.5. The van der Waals surface area contributed by atoms with Crippen LogP contribution in [0.15, 0.2) is 44.1 Å². The van der Waals surface area contributed by atoms with Crippen LogP contribution in [0.3, 0.4) is 0 Å². The largest absolute Gasteiger partial charge is 0.466 e. The van der Waals surface area contributed by atoms with E-state index in [2.05, 4.69) is 26.0 Å². The van der Waals surface area contributed by atoms with Gasteiger partial charge in [0.2, 0.25) is 15.9 Å². The molecule has 1 amide bonds. The van der Waals surface area contributed by atoms with Gasteiger partial charge in [-0.2, -0.15) is 0 Å². The average molecular weight is 415 g/mol. The van der Waals surface area contributed by atoms with Gasteiger partial charge in [-0.05, 0) is 38.1 Å². The maximum Gasteiger partial charge on any atom is 0.240 e. The smallest absolute Gasteiger partial charge is 0.240 e. The van der Waals surface area contributed by atoms with E-state index in [-0.39, 0.29) is 23.8 Å². The number of halogens is 1. The zero-order valence-corrected chi connectivity index (χ0v) is 15.8. The minimum absolute atomic E-state index is 0.0318. The van der Waals surface area contributed by atoms with Crippen LogP contribution in [0.25, 0.3) is 0 Å². The van der Waals surface area contributed by atoms with E-state index in [0.717, 1.165) is 17.1 Å². The molecule has 1 aromatic carbocycles. The van der Waals surface area contributed by atoms with E-state index in [1.807, 2.05) is 19.9 Å². The highest BCUT2D eigenvalue weighted by molar-refractivity contribution is 9.10. The fourth-order valence-electron chi connectivity index (χ4n) is 2.16. The van der Waals surface area contributed by atoms with Crippen LogP contribution >= 0.6 is 15.9 Å². The lowest BCUT2D eigenvalue weighted by Crippen LogP contribution is -2.30. The number of benzene rings is 1. The van der Waals surface area contributed by atoms with E-state index in [4.69, 9.17) is 4.42 Å². The van der Waals surface area contributed by atoms with Gasteiger partial charge in [-0.1, -0.05) is 22.0 Å². The lowest BCUT2D eigenvalue weighted by atomic mass is 10.2. The Labute approximate surface area is 149 Å². The fraction of sp³-hybridized carbons (Fsp3) is 0.312. The van der Waals surface area contributed by atoms with Crippen LogP contribution in [-0.2, 0) is 21.4 Å². The third kappa shape index (κ3) is 5.19. The third-order valence-corrected chi connectivity index (χ3v) is 5.32.